The first-order valence-corrected chi connectivity index (χ1v) is 5.14. The fourth-order valence-electron chi connectivity index (χ4n) is 2.24. The zero-order chi connectivity index (χ0) is 9.97. The van der Waals surface area contributed by atoms with E-state index in [4.69, 9.17) is 4.74 Å². The molecule has 4 nitrogen and oxygen atoms in total. The minimum Gasteiger partial charge on any atom is -0.381 e. The van der Waals surface area contributed by atoms with Crippen molar-refractivity contribution in [2.75, 3.05) is 19.8 Å². The van der Waals surface area contributed by atoms with E-state index >= 15 is 0 Å². The van der Waals surface area contributed by atoms with Gasteiger partial charge in [-0.2, -0.15) is 0 Å². The molecule has 2 rings (SSSR count). The van der Waals surface area contributed by atoms with Gasteiger partial charge in [0.05, 0.1) is 6.42 Å². The number of nitrogens with one attached hydrogen (secondary N) is 1. The lowest BCUT2D eigenvalue weighted by Gasteiger charge is -2.31. The maximum absolute atomic E-state index is 11.6. The Morgan fingerprint density at radius 3 is 2.57 bits per heavy atom. The summed E-state index contributed by atoms with van der Waals surface area (Å²) in [6.45, 7) is 2.03. The molecule has 2 aliphatic rings. The molecular weight excluding hydrogens is 182 g/mol. The van der Waals surface area contributed by atoms with Crippen LogP contribution in [0.15, 0.2) is 0 Å². The molecule has 14 heavy (non-hydrogen) atoms. The summed E-state index contributed by atoms with van der Waals surface area (Å²) in [6.07, 6.45) is 1.97. The number of ketones is 1. The number of piperidine rings is 1. The average Bonchev–Trinajstić information content (AvgIpc) is 2.19. The third kappa shape index (κ3) is 1.95. The maximum atomic E-state index is 11.6. The number of hydrogen-bond donors (Lipinski definition) is 1. The molecule has 0 aromatic rings. The van der Waals surface area contributed by atoms with Crippen molar-refractivity contribution in [2.24, 2.45) is 11.8 Å². The molecule has 0 saturated carbocycles. The second-order valence-electron chi connectivity index (χ2n) is 4.00. The van der Waals surface area contributed by atoms with Gasteiger partial charge < -0.3 is 10.1 Å². The highest BCUT2D eigenvalue weighted by molar-refractivity contribution is 6.01. The Balaban J connectivity index is 1.95. The standard InChI is InChI=1S/C10H15NO3/c12-9-5-10(13)11-6-8(9)7-1-3-14-4-2-7/h7-8H,1-6H2,(H,11,13)/t8-/m1/s1. The molecule has 1 atom stereocenters. The van der Waals surface area contributed by atoms with Gasteiger partial charge in [-0.15, -0.1) is 0 Å². The normalized spacial score (nSPS) is 30.1. The van der Waals surface area contributed by atoms with Gasteiger partial charge in [-0.25, -0.2) is 0 Å². The van der Waals surface area contributed by atoms with Crippen LogP contribution in [0.2, 0.25) is 0 Å². The monoisotopic (exact) mass is 197 g/mol. The van der Waals surface area contributed by atoms with E-state index in [-0.39, 0.29) is 24.0 Å². The second kappa shape index (κ2) is 4.09. The molecule has 0 aliphatic carbocycles. The molecule has 4 heteroatoms. The lowest BCUT2D eigenvalue weighted by atomic mass is 9.80. The summed E-state index contributed by atoms with van der Waals surface area (Å²) < 4.78 is 5.25. The van der Waals surface area contributed by atoms with Crippen molar-refractivity contribution in [3.63, 3.8) is 0 Å². The number of hydrogen-bond acceptors (Lipinski definition) is 3. The third-order valence-electron chi connectivity index (χ3n) is 3.10. The van der Waals surface area contributed by atoms with Crippen molar-refractivity contribution in [3.8, 4) is 0 Å². The molecule has 0 aromatic carbocycles. The van der Waals surface area contributed by atoms with Gasteiger partial charge in [-0.1, -0.05) is 0 Å². The predicted octanol–water partition coefficient (Wildman–Crippen LogP) is 0.118. The van der Waals surface area contributed by atoms with Crippen molar-refractivity contribution in [1.29, 1.82) is 0 Å². The molecule has 0 unspecified atom stereocenters. The molecule has 2 heterocycles. The van der Waals surface area contributed by atoms with Gasteiger partial charge in [0, 0.05) is 25.7 Å². The Morgan fingerprint density at radius 2 is 1.93 bits per heavy atom. The van der Waals surface area contributed by atoms with Gasteiger partial charge in [0.25, 0.3) is 0 Å². The van der Waals surface area contributed by atoms with Crippen molar-refractivity contribution < 1.29 is 14.3 Å². The zero-order valence-corrected chi connectivity index (χ0v) is 8.12. The highest BCUT2D eigenvalue weighted by atomic mass is 16.5. The van der Waals surface area contributed by atoms with Crippen LogP contribution in [-0.4, -0.2) is 31.4 Å². The minimum absolute atomic E-state index is 0.0385. The van der Waals surface area contributed by atoms with Gasteiger partial charge in [0.15, 0.2) is 0 Å². The first kappa shape index (κ1) is 9.65. The molecule has 2 aliphatic heterocycles. The predicted molar refractivity (Wildman–Crippen MR) is 49.7 cm³/mol. The Morgan fingerprint density at radius 1 is 1.21 bits per heavy atom. The molecule has 1 N–H and O–H groups in total. The topological polar surface area (TPSA) is 55.4 Å². The molecule has 2 saturated heterocycles. The lowest BCUT2D eigenvalue weighted by Crippen LogP contribution is -2.45. The summed E-state index contributed by atoms with van der Waals surface area (Å²) in [6, 6.07) is 0. The van der Waals surface area contributed by atoms with E-state index in [1.54, 1.807) is 0 Å². The van der Waals surface area contributed by atoms with Crippen LogP contribution in [0.25, 0.3) is 0 Å². The first-order valence-electron chi connectivity index (χ1n) is 5.14. The Hall–Kier alpha value is -0.900. The van der Waals surface area contributed by atoms with E-state index in [9.17, 15) is 9.59 Å². The smallest absolute Gasteiger partial charge is 0.227 e. The maximum Gasteiger partial charge on any atom is 0.227 e. The van der Waals surface area contributed by atoms with E-state index in [2.05, 4.69) is 5.32 Å². The van der Waals surface area contributed by atoms with Crippen LogP contribution < -0.4 is 5.32 Å². The van der Waals surface area contributed by atoms with Gasteiger partial charge in [-0.3, -0.25) is 9.59 Å². The summed E-state index contributed by atoms with van der Waals surface area (Å²) >= 11 is 0. The van der Waals surface area contributed by atoms with Crippen LogP contribution in [0.3, 0.4) is 0 Å². The van der Waals surface area contributed by atoms with Crippen molar-refractivity contribution in [3.05, 3.63) is 0 Å². The largest absolute Gasteiger partial charge is 0.381 e. The molecule has 0 aromatic heterocycles. The van der Waals surface area contributed by atoms with Gasteiger partial charge in [-0.05, 0) is 18.8 Å². The highest BCUT2D eigenvalue weighted by Gasteiger charge is 2.33. The Kier molecular flexibility index (Phi) is 2.82. The molecule has 0 bridgehead atoms. The fourth-order valence-corrected chi connectivity index (χ4v) is 2.24. The number of carbonyl (C=O) groups is 2. The quantitative estimate of drug-likeness (QED) is 0.607. The Bertz CT molecular complexity index is 246. The molecule has 0 spiro atoms. The number of carbonyl (C=O) groups excluding carboxylic acids is 2. The average molecular weight is 197 g/mol. The van der Waals surface area contributed by atoms with Crippen molar-refractivity contribution in [2.45, 2.75) is 19.3 Å². The summed E-state index contributed by atoms with van der Waals surface area (Å²) in [5.74, 6) is 0.437. The summed E-state index contributed by atoms with van der Waals surface area (Å²) in [5.41, 5.74) is 0. The number of ether oxygens (including phenoxy) is 1. The van der Waals surface area contributed by atoms with E-state index in [0.29, 0.717) is 12.5 Å². The molecule has 1 amide bonds. The molecule has 78 valence electrons. The van der Waals surface area contributed by atoms with E-state index in [1.165, 1.54) is 0 Å². The number of Topliss-reactive ketones (excluding diaryl/α,β-unsaturated/α-hetero) is 1. The fraction of sp³-hybridized carbons (Fsp3) is 0.800. The zero-order valence-electron chi connectivity index (χ0n) is 8.12. The van der Waals surface area contributed by atoms with Crippen LogP contribution in [-0.2, 0) is 14.3 Å². The van der Waals surface area contributed by atoms with E-state index in [1.807, 2.05) is 0 Å². The molecule has 0 radical (unpaired) electrons. The van der Waals surface area contributed by atoms with Gasteiger partial charge >= 0.3 is 0 Å². The van der Waals surface area contributed by atoms with Crippen LogP contribution in [0, 0.1) is 11.8 Å². The first-order chi connectivity index (χ1) is 6.77. The number of rotatable bonds is 1. The van der Waals surface area contributed by atoms with Crippen LogP contribution in [0.5, 0.6) is 0 Å². The van der Waals surface area contributed by atoms with E-state index < -0.39 is 0 Å². The summed E-state index contributed by atoms with van der Waals surface area (Å²) in [7, 11) is 0. The Labute approximate surface area is 83.0 Å². The van der Waals surface area contributed by atoms with Gasteiger partial charge in [0.2, 0.25) is 5.91 Å². The molecular formula is C10H15NO3. The van der Waals surface area contributed by atoms with Crippen molar-refractivity contribution in [1.82, 2.24) is 5.32 Å². The van der Waals surface area contributed by atoms with Crippen molar-refractivity contribution >= 4 is 11.7 Å². The van der Waals surface area contributed by atoms with Gasteiger partial charge in [0.1, 0.15) is 5.78 Å². The van der Waals surface area contributed by atoms with Crippen LogP contribution in [0.4, 0.5) is 0 Å². The van der Waals surface area contributed by atoms with Crippen LogP contribution >= 0.6 is 0 Å². The van der Waals surface area contributed by atoms with Crippen LogP contribution in [0.1, 0.15) is 19.3 Å². The lowest BCUT2D eigenvalue weighted by molar-refractivity contribution is -0.135. The second-order valence-corrected chi connectivity index (χ2v) is 4.00. The van der Waals surface area contributed by atoms with E-state index in [0.717, 1.165) is 26.1 Å². The number of amides is 1. The summed E-state index contributed by atoms with van der Waals surface area (Å²) in [5, 5.41) is 2.76. The highest BCUT2D eigenvalue weighted by Crippen LogP contribution is 2.26. The molecule has 2 fully saturated rings. The summed E-state index contributed by atoms with van der Waals surface area (Å²) in [4.78, 5) is 22.5. The third-order valence-corrected chi connectivity index (χ3v) is 3.10. The SMILES string of the molecule is O=C1CC(=O)[C@@H](C2CCOCC2)CN1. The minimum atomic E-state index is -0.127.